The topological polar surface area (TPSA) is 85.5 Å². The van der Waals surface area contributed by atoms with Crippen LogP contribution in [0.2, 0.25) is 0 Å². The molecule has 2 aromatic rings. The predicted molar refractivity (Wildman–Crippen MR) is 89.7 cm³/mol. The molecule has 0 saturated heterocycles. The lowest BCUT2D eigenvalue weighted by molar-refractivity contribution is 0.0951. The number of benzene rings is 2. The summed E-state index contributed by atoms with van der Waals surface area (Å²) in [5.41, 5.74) is 2.39. The van der Waals surface area contributed by atoms with Crippen LogP contribution in [0.15, 0.2) is 44.4 Å². The largest absolute Gasteiger partial charge is 0.506 e. The van der Waals surface area contributed by atoms with Crippen molar-refractivity contribution < 1.29 is 14.3 Å². The van der Waals surface area contributed by atoms with E-state index in [1.807, 2.05) is 0 Å². The summed E-state index contributed by atoms with van der Waals surface area (Å²) in [7, 11) is 0. The van der Waals surface area contributed by atoms with E-state index in [9.17, 15) is 14.3 Å². The van der Waals surface area contributed by atoms with Gasteiger partial charge in [-0.3, -0.25) is 4.79 Å². The molecule has 0 radical (unpaired) electrons. The fourth-order valence-corrected chi connectivity index (χ4v) is 2.93. The lowest BCUT2D eigenvalue weighted by Gasteiger charge is -2.04. The Kier molecular flexibility index (Phi) is 5.47. The highest BCUT2D eigenvalue weighted by Gasteiger charge is 2.11. The van der Waals surface area contributed by atoms with Gasteiger partial charge in [-0.25, -0.2) is 9.82 Å². The summed E-state index contributed by atoms with van der Waals surface area (Å²) in [6.07, 6.45) is 1.23. The number of nitrogens with zero attached hydrogens (tertiary/aromatic N) is 2. The van der Waals surface area contributed by atoms with Crippen molar-refractivity contribution in [3.05, 3.63) is 61.8 Å². The monoisotopic (exact) mass is 439 g/mol. The molecular formula is C15H8Br2FN3O2. The third-order valence-corrected chi connectivity index (χ3v) is 3.83. The Morgan fingerprint density at radius 3 is 2.74 bits per heavy atom. The second-order valence-corrected chi connectivity index (χ2v) is 6.10. The number of phenols is 1. The summed E-state index contributed by atoms with van der Waals surface area (Å²) in [5, 5.41) is 22.2. The molecule has 1 amide bonds. The van der Waals surface area contributed by atoms with E-state index in [1.54, 1.807) is 18.2 Å². The maximum atomic E-state index is 13.7. The van der Waals surface area contributed by atoms with Crippen LogP contribution in [0.1, 0.15) is 21.5 Å². The van der Waals surface area contributed by atoms with Crippen molar-refractivity contribution >= 4 is 44.0 Å². The molecule has 0 fully saturated rings. The average Bonchev–Trinajstić information content (AvgIpc) is 2.51. The van der Waals surface area contributed by atoms with Gasteiger partial charge in [0.25, 0.3) is 5.91 Å². The minimum absolute atomic E-state index is 0.0456. The van der Waals surface area contributed by atoms with Gasteiger partial charge in [0.15, 0.2) is 0 Å². The number of aromatic hydroxyl groups is 1. The minimum Gasteiger partial charge on any atom is -0.506 e. The van der Waals surface area contributed by atoms with E-state index in [2.05, 4.69) is 42.4 Å². The predicted octanol–water partition coefficient (Wildman–Crippen LogP) is 3.69. The SMILES string of the molecule is N#Cc1ccc(C(=O)N/N=C\c2cc(Br)cc(Br)c2O)c(F)c1. The second-order valence-electron chi connectivity index (χ2n) is 4.33. The van der Waals surface area contributed by atoms with Crippen molar-refractivity contribution in [2.45, 2.75) is 0 Å². The Labute approximate surface area is 147 Å². The highest BCUT2D eigenvalue weighted by molar-refractivity contribution is 9.11. The zero-order valence-electron chi connectivity index (χ0n) is 11.3. The maximum Gasteiger partial charge on any atom is 0.274 e. The van der Waals surface area contributed by atoms with Crippen LogP contribution < -0.4 is 5.43 Å². The molecule has 0 aromatic heterocycles. The van der Waals surface area contributed by atoms with E-state index in [0.717, 1.165) is 6.07 Å². The number of nitrogens with one attached hydrogen (secondary N) is 1. The first kappa shape index (κ1) is 17.1. The zero-order valence-corrected chi connectivity index (χ0v) is 14.5. The van der Waals surface area contributed by atoms with Gasteiger partial charge in [0.05, 0.1) is 27.9 Å². The van der Waals surface area contributed by atoms with Crippen LogP contribution in [0.3, 0.4) is 0 Å². The number of amides is 1. The smallest absolute Gasteiger partial charge is 0.274 e. The molecular weight excluding hydrogens is 433 g/mol. The van der Waals surface area contributed by atoms with Crippen LogP contribution >= 0.6 is 31.9 Å². The molecule has 116 valence electrons. The zero-order chi connectivity index (χ0) is 17.0. The molecule has 0 unspecified atom stereocenters. The van der Waals surface area contributed by atoms with Crippen molar-refractivity contribution in [3.63, 3.8) is 0 Å². The third kappa shape index (κ3) is 4.15. The molecule has 2 N–H and O–H groups in total. The van der Waals surface area contributed by atoms with Gasteiger partial charge in [0, 0.05) is 10.0 Å². The summed E-state index contributed by atoms with van der Waals surface area (Å²) >= 11 is 6.43. The van der Waals surface area contributed by atoms with Gasteiger partial charge in [0.2, 0.25) is 0 Å². The van der Waals surface area contributed by atoms with E-state index in [4.69, 9.17) is 5.26 Å². The lowest BCUT2D eigenvalue weighted by Crippen LogP contribution is -2.19. The van der Waals surface area contributed by atoms with Crippen LogP contribution in [0.25, 0.3) is 0 Å². The first-order chi connectivity index (χ1) is 10.9. The number of carbonyl (C=O) groups excluding carboxylic acids is 1. The molecule has 0 aliphatic rings. The van der Waals surface area contributed by atoms with Gasteiger partial charge in [-0.2, -0.15) is 10.4 Å². The number of phenolic OH excluding ortho intramolecular Hbond substituents is 1. The Morgan fingerprint density at radius 2 is 2.09 bits per heavy atom. The van der Waals surface area contributed by atoms with Gasteiger partial charge in [-0.15, -0.1) is 0 Å². The number of rotatable bonds is 3. The minimum atomic E-state index is -0.815. The van der Waals surface area contributed by atoms with Crippen LogP contribution in [-0.2, 0) is 0 Å². The number of hydrogen-bond donors (Lipinski definition) is 2. The molecule has 0 saturated carbocycles. The molecule has 5 nitrogen and oxygen atoms in total. The molecule has 23 heavy (non-hydrogen) atoms. The Balaban J connectivity index is 2.15. The van der Waals surface area contributed by atoms with Gasteiger partial charge in [0.1, 0.15) is 11.6 Å². The van der Waals surface area contributed by atoms with E-state index < -0.39 is 11.7 Å². The maximum absolute atomic E-state index is 13.7. The van der Waals surface area contributed by atoms with Crippen molar-refractivity contribution in [3.8, 4) is 11.8 Å². The highest BCUT2D eigenvalue weighted by Crippen LogP contribution is 2.30. The fraction of sp³-hybridized carbons (Fsp3) is 0. The van der Waals surface area contributed by atoms with Gasteiger partial charge < -0.3 is 5.11 Å². The summed E-state index contributed by atoms with van der Waals surface area (Å²) in [4.78, 5) is 11.8. The Morgan fingerprint density at radius 1 is 1.35 bits per heavy atom. The van der Waals surface area contributed by atoms with Crippen molar-refractivity contribution in [1.82, 2.24) is 5.43 Å². The number of hydrogen-bond acceptors (Lipinski definition) is 4. The van der Waals surface area contributed by atoms with Crippen LogP contribution in [-0.4, -0.2) is 17.2 Å². The Bertz CT molecular complexity index is 847. The number of halogens is 3. The summed E-state index contributed by atoms with van der Waals surface area (Å²) in [6, 6.07) is 8.52. The molecule has 0 atom stereocenters. The van der Waals surface area contributed by atoms with E-state index in [1.165, 1.54) is 18.3 Å². The normalized spacial score (nSPS) is 10.5. The molecule has 2 rings (SSSR count). The summed E-state index contributed by atoms with van der Waals surface area (Å²) in [6.45, 7) is 0. The molecule has 2 aromatic carbocycles. The van der Waals surface area contributed by atoms with Crippen molar-refractivity contribution in [1.29, 1.82) is 5.26 Å². The van der Waals surface area contributed by atoms with Crippen LogP contribution in [0, 0.1) is 17.1 Å². The lowest BCUT2D eigenvalue weighted by atomic mass is 10.1. The molecule has 0 heterocycles. The van der Waals surface area contributed by atoms with Gasteiger partial charge in [-0.05, 0) is 46.3 Å². The number of nitriles is 1. The standard InChI is InChI=1S/C15H8Br2FN3O2/c16-10-4-9(14(22)12(17)5-10)7-20-21-15(23)11-2-1-8(6-19)3-13(11)18/h1-5,7,22H,(H,21,23)/b20-7-. The molecule has 0 spiro atoms. The number of hydrazone groups is 1. The van der Waals surface area contributed by atoms with E-state index >= 15 is 0 Å². The van der Waals surface area contributed by atoms with E-state index in [-0.39, 0.29) is 16.9 Å². The molecule has 8 heteroatoms. The second kappa shape index (κ2) is 7.35. The number of carbonyl (C=O) groups is 1. The molecule has 0 bridgehead atoms. The Hall–Kier alpha value is -2.24. The fourth-order valence-electron chi connectivity index (χ4n) is 1.67. The quantitative estimate of drug-likeness (QED) is 0.563. The first-order valence-electron chi connectivity index (χ1n) is 6.13. The first-order valence-corrected chi connectivity index (χ1v) is 7.72. The third-order valence-electron chi connectivity index (χ3n) is 2.77. The van der Waals surface area contributed by atoms with Crippen LogP contribution in [0.5, 0.6) is 5.75 Å². The molecule has 0 aliphatic carbocycles. The molecule has 0 aliphatic heterocycles. The van der Waals surface area contributed by atoms with Gasteiger partial charge >= 0.3 is 0 Å². The van der Waals surface area contributed by atoms with Crippen molar-refractivity contribution in [2.24, 2.45) is 5.10 Å². The van der Waals surface area contributed by atoms with Crippen molar-refractivity contribution in [2.75, 3.05) is 0 Å². The van der Waals surface area contributed by atoms with Crippen LogP contribution in [0.4, 0.5) is 4.39 Å². The average molecular weight is 441 g/mol. The van der Waals surface area contributed by atoms with E-state index in [0.29, 0.717) is 14.5 Å². The highest BCUT2D eigenvalue weighted by atomic mass is 79.9. The van der Waals surface area contributed by atoms with Gasteiger partial charge in [-0.1, -0.05) is 15.9 Å². The summed E-state index contributed by atoms with van der Waals surface area (Å²) in [5.74, 6) is -1.63. The summed E-state index contributed by atoms with van der Waals surface area (Å²) < 4.78 is 14.8.